The van der Waals surface area contributed by atoms with Crippen LogP contribution < -0.4 is 24.4 Å². The van der Waals surface area contributed by atoms with Crippen LogP contribution >= 0.6 is 0 Å². The Balaban J connectivity index is 0.000000599. The fraction of sp³-hybridized carbons (Fsp3) is 0.444. The van der Waals surface area contributed by atoms with E-state index in [0.717, 1.165) is 80.6 Å². The van der Waals surface area contributed by atoms with E-state index in [1.807, 2.05) is 24.3 Å². The van der Waals surface area contributed by atoms with Crippen molar-refractivity contribution in [2.75, 3.05) is 63.8 Å². The zero-order valence-electron chi connectivity index (χ0n) is 21.8. The molecule has 1 fully saturated rings. The highest BCUT2D eigenvalue weighted by atomic mass is 16.5. The van der Waals surface area contributed by atoms with Gasteiger partial charge in [-0.15, -0.1) is 0 Å². The lowest BCUT2D eigenvalue weighted by molar-refractivity contribution is -0.159. The van der Waals surface area contributed by atoms with Crippen molar-refractivity contribution in [2.24, 2.45) is 0 Å². The van der Waals surface area contributed by atoms with Crippen LogP contribution in [0.3, 0.4) is 0 Å². The molecule has 0 bridgehead atoms. The van der Waals surface area contributed by atoms with Gasteiger partial charge >= 0.3 is 11.9 Å². The summed E-state index contributed by atoms with van der Waals surface area (Å²) in [5.74, 6) is -1.07. The topological polar surface area (TPSA) is 138 Å². The summed E-state index contributed by atoms with van der Waals surface area (Å²) in [4.78, 5) is 34.7. The molecule has 0 spiro atoms. The number of aliphatic carboxylic acids is 2. The third-order valence-electron chi connectivity index (χ3n) is 6.40. The van der Waals surface area contributed by atoms with E-state index in [-0.39, 0.29) is 5.91 Å². The second-order valence-corrected chi connectivity index (χ2v) is 8.90. The third kappa shape index (κ3) is 8.27. The number of anilines is 2. The Morgan fingerprint density at radius 1 is 0.895 bits per heavy atom. The number of hydrogen-bond acceptors (Lipinski definition) is 8. The van der Waals surface area contributed by atoms with Gasteiger partial charge in [-0.3, -0.25) is 9.69 Å². The van der Waals surface area contributed by atoms with Crippen molar-refractivity contribution in [3.05, 3.63) is 42.0 Å². The maximum absolute atomic E-state index is 11.6. The van der Waals surface area contributed by atoms with Gasteiger partial charge in [0, 0.05) is 50.4 Å². The molecule has 11 nitrogen and oxygen atoms in total. The number of fused-ring (bicyclic) bond motifs is 1. The number of carbonyl (C=O) groups is 3. The Morgan fingerprint density at radius 3 is 2.26 bits per heavy atom. The van der Waals surface area contributed by atoms with Gasteiger partial charge in [-0.2, -0.15) is 0 Å². The van der Waals surface area contributed by atoms with Crippen molar-refractivity contribution < 1.29 is 38.8 Å². The quantitative estimate of drug-likeness (QED) is 0.328. The molecular weight excluding hydrogens is 494 g/mol. The zero-order chi connectivity index (χ0) is 27.5. The smallest absolute Gasteiger partial charge is 0.414 e. The van der Waals surface area contributed by atoms with Gasteiger partial charge < -0.3 is 34.6 Å². The summed E-state index contributed by atoms with van der Waals surface area (Å²) >= 11 is 0. The first kappa shape index (κ1) is 28.6. The van der Waals surface area contributed by atoms with Gasteiger partial charge in [-0.1, -0.05) is 6.07 Å². The zero-order valence-corrected chi connectivity index (χ0v) is 21.8. The molecule has 0 radical (unpaired) electrons. The predicted octanol–water partition coefficient (Wildman–Crippen LogP) is 2.73. The van der Waals surface area contributed by atoms with E-state index in [1.165, 1.54) is 5.56 Å². The number of amides is 1. The average Bonchev–Trinajstić information content (AvgIpc) is 2.93. The molecule has 2 aromatic carbocycles. The molecule has 0 aromatic heterocycles. The number of unbranched alkanes of at least 4 members (excludes halogenated alkanes) is 1. The Kier molecular flexibility index (Phi) is 10.6. The molecule has 0 atom stereocenters. The Hall–Kier alpha value is -3.99. The van der Waals surface area contributed by atoms with Crippen molar-refractivity contribution in [1.29, 1.82) is 0 Å². The number of benzene rings is 2. The minimum Gasteiger partial charge on any atom is -0.497 e. The second kappa shape index (κ2) is 14.1. The molecule has 4 rings (SSSR count). The molecule has 2 heterocycles. The van der Waals surface area contributed by atoms with Gasteiger partial charge in [-0.25, -0.2) is 9.59 Å². The van der Waals surface area contributed by atoms with Gasteiger partial charge in [0.1, 0.15) is 17.2 Å². The number of nitrogens with one attached hydrogen (secondary N) is 1. The van der Waals surface area contributed by atoms with Crippen LogP contribution in [0.5, 0.6) is 17.2 Å². The van der Waals surface area contributed by atoms with Gasteiger partial charge in [0.2, 0.25) is 5.91 Å². The molecule has 38 heavy (non-hydrogen) atoms. The van der Waals surface area contributed by atoms with E-state index in [0.29, 0.717) is 13.0 Å². The molecule has 0 saturated carbocycles. The van der Waals surface area contributed by atoms with Crippen LogP contribution in [0.15, 0.2) is 36.4 Å². The van der Waals surface area contributed by atoms with E-state index >= 15 is 0 Å². The maximum Gasteiger partial charge on any atom is 0.414 e. The van der Waals surface area contributed by atoms with Crippen molar-refractivity contribution in [2.45, 2.75) is 25.7 Å². The lowest BCUT2D eigenvalue weighted by Crippen LogP contribution is -2.46. The van der Waals surface area contributed by atoms with E-state index in [2.05, 4.69) is 27.2 Å². The van der Waals surface area contributed by atoms with Crippen LogP contribution in [0, 0.1) is 0 Å². The van der Waals surface area contributed by atoms with Crippen molar-refractivity contribution in [3.63, 3.8) is 0 Å². The van der Waals surface area contributed by atoms with Crippen LogP contribution in [-0.2, 0) is 20.8 Å². The lowest BCUT2D eigenvalue weighted by Gasteiger charge is -2.36. The third-order valence-corrected chi connectivity index (χ3v) is 6.40. The van der Waals surface area contributed by atoms with Gasteiger partial charge in [0.25, 0.3) is 0 Å². The van der Waals surface area contributed by atoms with E-state index in [9.17, 15) is 4.79 Å². The fourth-order valence-electron chi connectivity index (χ4n) is 4.33. The summed E-state index contributed by atoms with van der Waals surface area (Å²) in [6.45, 7) is 5.83. The summed E-state index contributed by atoms with van der Waals surface area (Å²) in [5.41, 5.74) is 3.20. The molecule has 2 aliphatic rings. The molecule has 0 aliphatic carbocycles. The minimum atomic E-state index is -1.82. The minimum absolute atomic E-state index is 0.0835. The highest BCUT2D eigenvalue weighted by molar-refractivity contribution is 6.27. The predicted molar refractivity (Wildman–Crippen MR) is 142 cm³/mol. The Labute approximate surface area is 221 Å². The molecule has 206 valence electrons. The van der Waals surface area contributed by atoms with Crippen LogP contribution in [0.2, 0.25) is 0 Å². The summed E-state index contributed by atoms with van der Waals surface area (Å²) in [7, 11) is 3.38. The molecular formula is C27H35N3O8. The molecule has 3 N–H and O–H groups in total. The number of aryl methyl sites for hydroxylation is 1. The first-order chi connectivity index (χ1) is 18.3. The molecule has 1 amide bonds. The van der Waals surface area contributed by atoms with Gasteiger partial charge in [-0.05, 0) is 49.6 Å². The highest BCUT2D eigenvalue weighted by Crippen LogP contribution is 2.33. The van der Waals surface area contributed by atoms with Crippen molar-refractivity contribution in [1.82, 2.24) is 4.90 Å². The molecule has 2 aliphatic heterocycles. The lowest BCUT2D eigenvalue weighted by atomic mass is 10.0. The number of methoxy groups -OCH3 is 2. The highest BCUT2D eigenvalue weighted by Gasteiger charge is 2.20. The second-order valence-electron chi connectivity index (χ2n) is 8.90. The van der Waals surface area contributed by atoms with Crippen LogP contribution in [-0.4, -0.2) is 86.5 Å². The molecule has 11 heteroatoms. The monoisotopic (exact) mass is 529 g/mol. The summed E-state index contributed by atoms with van der Waals surface area (Å²) in [6.07, 6.45) is 3.48. The standard InChI is InChI=1S/C25H33N3O4.C2H2O4/c1-30-20-8-9-23(24(18-20)31-2)28-14-12-27(13-15-28)11-3-4-16-32-21-7-5-19-6-10-25(29)26-22(19)17-21;3-1(4)2(5)6/h5,7-9,17-18H,3-4,6,10-16H2,1-2H3,(H,26,29);(H,3,4)(H,5,6). The Bertz CT molecular complexity index is 1100. The summed E-state index contributed by atoms with van der Waals surface area (Å²) in [6, 6.07) is 12.0. The SMILES string of the molecule is COc1ccc(N2CCN(CCCCOc3ccc4c(c3)NC(=O)CC4)CC2)c(OC)c1.O=C(O)C(=O)O. The number of carboxylic acids is 2. The number of hydrogen-bond donors (Lipinski definition) is 3. The fourth-order valence-corrected chi connectivity index (χ4v) is 4.33. The number of carboxylic acid groups (broad SMARTS) is 2. The maximum atomic E-state index is 11.6. The summed E-state index contributed by atoms with van der Waals surface area (Å²) in [5, 5.41) is 17.7. The van der Waals surface area contributed by atoms with Crippen LogP contribution in [0.25, 0.3) is 0 Å². The van der Waals surface area contributed by atoms with E-state index in [4.69, 9.17) is 34.0 Å². The summed E-state index contributed by atoms with van der Waals surface area (Å²) < 4.78 is 16.8. The molecule has 2 aromatic rings. The van der Waals surface area contributed by atoms with Crippen LogP contribution in [0.1, 0.15) is 24.8 Å². The number of piperazine rings is 1. The Morgan fingerprint density at radius 2 is 1.61 bits per heavy atom. The van der Waals surface area contributed by atoms with E-state index in [1.54, 1.807) is 14.2 Å². The van der Waals surface area contributed by atoms with Gasteiger partial charge in [0.15, 0.2) is 0 Å². The van der Waals surface area contributed by atoms with E-state index < -0.39 is 11.9 Å². The average molecular weight is 530 g/mol. The van der Waals surface area contributed by atoms with Crippen molar-refractivity contribution in [3.8, 4) is 17.2 Å². The first-order valence-electron chi connectivity index (χ1n) is 12.5. The number of carbonyl (C=O) groups excluding carboxylic acids is 1. The van der Waals surface area contributed by atoms with Crippen molar-refractivity contribution >= 4 is 29.2 Å². The molecule has 1 saturated heterocycles. The normalized spacial score (nSPS) is 14.9. The molecule has 0 unspecified atom stereocenters. The number of rotatable bonds is 9. The first-order valence-corrected chi connectivity index (χ1v) is 12.5. The van der Waals surface area contributed by atoms with Crippen LogP contribution in [0.4, 0.5) is 11.4 Å². The largest absolute Gasteiger partial charge is 0.497 e. The van der Waals surface area contributed by atoms with Gasteiger partial charge in [0.05, 0.1) is 26.5 Å². The number of ether oxygens (including phenoxy) is 3. The number of nitrogens with zero attached hydrogens (tertiary/aromatic N) is 2.